The minimum Gasteiger partial charge on any atom is -0.482 e. The van der Waals surface area contributed by atoms with E-state index in [-0.39, 0.29) is 30.4 Å². The average molecular weight is 367 g/mol. The predicted octanol–water partition coefficient (Wildman–Crippen LogP) is 2.25. The summed E-state index contributed by atoms with van der Waals surface area (Å²) in [5, 5.41) is 2.92. The maximum atomic E-state index is 12.4. The number of benzene rings is 2. The number of ether oxygens (including phenoxy) is 1. The first-order valence-electron chi connectivity index (χ1n) is 9.18. The fraction of sp³-hybridized carbons (Fsp3) is 0.333. The van der Waals surface area contributed by atoms with Crippen LogP contribution < -0.4 is 20.7 Å². The molecule has 0 saturated heterocycles. The fourth-order valence-electron chi connectivity index (χ4n) is 3.14. The zero-order valence-corrected chi connectivity index (χ0v) is 15.4. The highest BCUT2D eigenvalue weighted by Gasteiger charge is 2.25. The van der Waals surface area contributed by atoms with Crippen LogP contribution in [-0.4, -0.2) is 31.5 Å². The molecular formula is C21H25N3O3. The molecule has 2 unspecified atom stereocenters. The van der Waals surface area contributed by atoms with E-state index in [0.717, 1.165) is 11.3 Å². The second-order valence-electron chi connectivity index (χ2n) is 6.67. The molecule has 2 atom stereocenters. The van der Waals surface area contributed by atoms with Gasteiger partial charge in [0, 0.05) is 19.1 Å². The summed E-state index contributed by atoms with van der Waals surface area (Å²) in [6.07, 6.45) is 0.652. The number of para-hydroxylation sites is 2. The van der Waals surface area contributed by atoms with Gasteiger partial charge in [-0.15, -0.1) is 0 Å². The van der Waals surface area contributed by atoms with Crippen molar-refractivity contribution in [3.8, 4) is 5.75 Å². The van der Waals surface area contributed by atoms with Gasteiger partial charge >= 0.3 is 0 Å². The minimum atomic E-state index is -0.348. The molecule has 1 heterocycles. The van der Waals surface area contributed by atoms with Gasteiger partial charge in [-0.3, -0.25) is 9.59 Å². The van der Waals surface area contributed by atoms with Crippen molar-refractivity contribution in [2.24, 2.45) is 11.7 Å². The van der Waals surface area contributed by atoms with Gasteiger partial charge in [0.2, 0.25) is 5.91 Å². The van der Waals surface area contributed by atoms with E-state index in [1.54, 1.807) is 4.90 Å². The van der Waals surface area contributed by atoms with E-state index in [4.69, 9.17) is 10.5 Å². The van der Waals surface area contributed by atoms with Crippen LogP contribution >= 0.6 is 0 Å². The van der Waals surface area contributed by atoms with Gasteiger partial charge in [0.25, 0.3) is 5.91 Å². The third-order valence-electron chi connectivity index (χ3n) is 4.80. The van der Waals surface area contributed by atoms with Crippen LogP contribution in [-0.2, 0) is 9.59 Å². The Bertz CT molecular complexity index is 794. The lowest BCUT2D eigenvalue weighted by atomic mass is 9.95. The van der Waals surface area contributed by atoms with Gasteiger partial charge in [-0.05, 0) is 24.1 Å². The van der Waals surface area contributed by atoms with E-state index in [1.165, 1.54) is 0 Å². The Morgan fingerprint density at radius 1 is 1.19 bits per heavy atom. The van der Waals surface area contributed by atoms with Crippen molar-refractivity contribution in [1.82, 2.24) is 5.32 Å². The van der Waals surface area contributed by atoms with E-state index < -0.39 is 0 Å². The zero-order chi connectivity index (χ0) is 19.2. The Morgan fingerprint density at radius 2 is 1.89 bits per heavy atom. The molecule has 142 valence electrons. The molecule has 0 aliphatic carbocycles. The van der Waals surface area contributed by atoms with Crippen molar-refractivity contribution in [3.63, 3.8) is 0 Å². The van der Waals surface area contributed by atoms with Crippen LogP contribution in [0.4, 0.5) is 5.69 Å². The van der Waals surface area contributed by atoms with Crippen molar-refractivity contribution in [2.75, 3.05) is 24.6 Å². The number of carbonyl (C=O) groups is 2. The first kappa shape index (κ1) is 18.9. The molecule has 0 bridgehead atoms. The number of fused-ring (bicyclic) bond motifs is 1. The van der Waals surface area contributed by atoms with Crippen LogP contribution in [0.3, 0.4) is 0 Å². The largest absolute Gasteiger partial charge is 0.482 e. The van der Waals surface area contributed by atoms with Crippen molar-refractivity contribution in [2.45, 2.75) is 19.4 Å². The van der Waals surface area contributed by atoms with Crippen LogP contribution in [0.1, 0.15) is 24.9 Å². The van der Waals surface area contributed by atoms with E-state index in [9.17, 15) is 9.59 Å². The molecule has 0 radical (unpaired) electrons. The summed E-state index contributed by atoms with van der Waals surface area (Å²) < 4.78 is 5.44. The van der Waals surface area contributed by atoms with E-state index in [0.29, 0.717) is 25.3 Å². The normalized spacial score (nSPS) is 15.5. The molecule has 6 heteroatoms. The number of nitrogens with two attached hydrogens (primary N) is 1. The summed E-state index contributed by atoms with van der Waals surface area (Å²) in [5.74, 6) is 0.223. The number of nitrogens with one attached hydrogen (secondary N) is 1. The van der Waals surface area contributed by atoms with Gasteiger partial charge in [0.1, 0.15) is 5.75 Å². The number of rotatable bonds is 7. The Kier molecular flexibility index (Phi) is 6.08. The second kappa shape index (κ2) is 8.68. The highest BCUT2D eigenvalue weighted by Crippen LogP contribution is 2.31. The Morgan fingerprint density at radius 3 is 2.67 bits per heavy atom. The zero-order valence-electron chi connectivity index (χ0n) is 15.4. The molecule has 2 amide bonds. The summed E-state index contributed by atoms with van der Waals surface area (Å²) in [5.41, 5.74) is 7.92. The van der Waals surface area contributed by atoms with Gasteiger partial charge in [-0.2, -0.15) is 0 Å². The molecule has 0 saturated carbocycles. The number of hydrogen-bond donors (Lipinski definition) is 2. The fourth-order valence-corrected chi connectivity index (χ4v) is 3.14. The molecule has 6 nitrogen and oxygen atoms in total. The first-order valence-corrected chi connectivity index (χ1v) is 9.18. The van der Waals surface area contributed by atoms with E-state index in [2.05, 4.69) is 5.32 Å². The number of carbonyl (C=O) groups excluding carboxylic acids is 2. The van der Waals surface area contributed by atoms with Gasteiger partial charge in [0.05, 0.1) is 11.6 Å². The molecule has 27 heavy (non-hydrogen) atoms. The van der Waals surface area contributed by atoms with Crippen LogP contribution in [0.25, 0.3) is 0 Å². The van der Waals surface area contributed by atoms with Crippen molar-refractivity contribution in [1.29, 1.82) is 0 Å². The van der Waals surface area contributed by atoms with Gasteiger partial charge in [-0.25, -0.2) is 0 Å². The molecule has 0 spiro atoms. The van der Waals surface area contributed by atoms with Crippen molar-refractivity contribution >= 4 is 17.5 Å². The Balaban J connectivity index is 1.49. The monoisotopic (exact) mass is 367 g/mol. The molecular weight excluding hydrogens is 342 g/mol. The highest BCUT2D eigenvalue weighted by atomic mass is 16.5. The molecule has 2 aromatic carbocycles. The van der Waals surface area contributed by atoms with E-state index >= 15 is 0 Å². The van der Waals surface area contributed by atoms with Gasteiger partial charge in [-0.1, -0.05) is 49.4 Å². The molecule has 0 fully saturated rings. The summed E-state index contributed by atoms with van der Waals surface area (Å²) >= 11 is 0. The SMILES string of the molecule is CC(C(=O)NCCCN1C(=O)COc2ccccc21)C(N)c1ccccc1. The maximum Gasteiger partial charge on any atom is 0.265 e. The summed E-state index contributed by atoms with van der Waals surface area (Å²) in [6.45, 7) is 2.89. The molecule has 3 rings (SSSR count). The van der Waals surface area contributed by atoms with Gasteiger partial charge < -0.3 is 20.7 Å². The Hall–Kier alpha value is -2.86. The van der Waals surface area contributed by atoms with Gasteiger partial charge in [0.15, 0.2) is 6.61 Å². The molecule has 3 N–H and O–H groups in total. The summed E-state index contributed by atoms with van der Waals surface area (Å²) in [7, 11) is 0. The van der Waals surface area contributed by atoms with Crippen LogP contribution in [0.2, 0.25) is 0 Å². The van der Waals surface area contributed by atoms with Crippen LogP contribution in [0.15, 0.2) is 54.6 Å². The van der Waals surface area contributed by atoms with Crippen LogP contribution in [0, 0.1) is 5.92 Å². The Labute approximate surface area is 159 Å². The van der Waals surface area contributed by atoms with E-state index in [1.807, 2.05) is 61.5 Å². The van der Waals surface area contributed by atoms with Crippen molar-refractivity contribution in [3.05, 3.63) is 60.2 Å². The van der Waals surface area contributed by atoms with Crippen molar-refractivity contribution < 1.29 is 14.3 Å². The third-order valence-corrected chi connectivity index (χ3v) is 4.80. The lowest BCUT2D eigenvalue weighted by molar-refractivity contribution is -0.125. The standard InChI is InChI=1S/C21H25N3O3/c1-15(20(22)16-8-3-2-4-9-16)21(26)23-12-7-13-24-17-10-5-6-11-18(17)27-14-19(24)25/h2-6,8-11,15,20H,7,12-14,22H2,1H3,(H,23,26). The highest BCUT2D eigenvalue weighted by molar-refractivity contribution is 5.97. The average Bonchev–Trinajstić information content (AvgIpc) is 2.71. The van der Waals surface area contributed by atoms with Crippen LogP contribution in [0.5, 0.6) is 5.75 Å². The number of nitrogens with zero attached hydrogens (tertiary/aromatic N) is 1. The molecule has 1 aliphatic rings. The third kappa shape index (κ3) is 4.46. The lowest BCUT2D eigenvalue weighted by Gasteiger charge is -2.29. The second-order valence-corrected chi connectivity index (χ2v) is 6.67. The summed E-state index contributed by atoms with van der Waals surface area (Å²) in [4.78, 5) is 26.2. The smallest absolute Gasteiger partial charge is 0.265 e. The quantitative estimate of drug-likeness (QED) is 0.735. The maximum absolute atomic E-state index is 12.4. The minimum absolute atomic E-state index is 0.0480. The molecule has 0 aromatic heterocycles. The molecule has 2 aromatic rings. The number of anilines is 1. The summed E-state index contributed by atoms with van der Waals surface area (Å²) in [6, 6.07) is 16.7. The first-order chi connectivity index (χ1) is 13.1. The molecule has 1 aliphatic heterocycles. The number of amides is 2. The number of hydrogen-bond acceptors (Lipinski definition) is 4. The predicted molar refractivity (Wildman–Crippen MR) is 104 cm³/mol. The lowest BCUT2D eigenvalue weighted by Crippen LogP contribution is -2.41. The topological polar surface area (TPSA) is 84.7 Å².